The minimum Gasteiger partial charge on any atom is -0.494 e. The van der Waals surface area contributed by atoms with E-state index in [-0.39, 0.29) is 82.8 Å². The van der Waals surface area contributed by atoms with Crippen LogP contribution in [0.4, 0.5) is 4.39 Å². The van der Waals surface area contributed by atoms with Crippen molar-refractivity contribution in [1.29, 1.82) is 5.26 Å². The van der Waals surface area contributed by atoms with E-state index in [1.54, 1.807) is 34.9 Å². The van der Waals surface area contributed by atoms with Crippen LogP contribution < -0.4 is 26.0 Å². The van der Waals surface area contributed by atoms with E-state index in [1.165, 1.54) is 24.8 Å². The molecular formula is C62H88FN13O13. The number of likely N-dealkylation sites (tertiary alicyclic amines) is 1. The average Bonchev–Trinajstić information content (AvgIpc) is 3.60. The Labute approximate surface area is 519 Å². The van der Waals surface area contributed by atoms with Crippen molar-refractivity contribution in [1.82, 2.24) is 60.6 Å². The summed E-state index contributed by atoms with van der Waals surface area (Å²) in [4.78, 5) is 132. The number of hydrogen-bond donors (Lipinski definition) is 5. The molecule has 4 atom stereocenters. The summed E-state index contributed by atoms with van der Waals surface area (Å²) in [5.41, 5.74) is 1.43. The van der Waals surface area contributed by atoms with Crippen molar-refractivity contribution in [3.63, 3.8) is 0 Å². The van der Waals surface area contributed by atoms with Gasteiger partial charge in [0.15, 0.2) is 0 Å². The summed E-state index contributed by atoms with van der Waals surface area (Å²) in [5.74, 6) is -2.96. The Morgan fingerprint density at radius 1 is 0.775 bits per heavy atom. The number of alkyl halides is 1. The Bertz CT molecular complexity index is 2870. The van der Waals surface area contributed by atoms with Crippen LogP contribution in [-0.2, 0) is 54.3 Å². The first-order valence-corrected chi connectivity index (χ1v) is 30.7. The van der Waals surface area contributed by atoms with Crippen molar-refractivity contribution in [2.24, 2.45) is 0 Å². The van der Waals surface area contributed by atoms with Crippen LogP contribution in [0, 0.1) is 18.3 Å². The molecule has 3 fully saturated rings. The number of amides is 6. The Morgan fingerprint density at radius 3 is 2.04 bits per heavy atom. The predicted octanol–water partition coefficient (Wildman–Crippen LogP) is 1.29. The largest absolute Gasteiger partial charge is 0.494 e. The van der Waals surface area contributed by atoms with Crippen LogP contribution in [-0.4, -0.2) is 260 Å². The molecule has 3 aromatic rings. The van der Waals surface area contributed by atoms with E-state index in [2.05, 4.69) is 43.3 Å². The molecule has 26 nitrogen and oxygen atoms in total. The Morgan fingerprint density at radius 2 is 1.42 bits per heavy atom. The first-order chi connectivity index (χ1) is 42.9. The van der Waals surface area contributed by atoms with Crippen LogP contribution in [0.1, 0.15) is 86.7 Å². The van der Waals surface area contributed by atoms with Crippen molar-refractivity contribution in [2.45, 2.75) is 102 Å². The molecule has 0 spiro atoms. The maximum Gasteiger partial charge on any atom is 0.317 e. The monoisotopic (exact) mass is 1240 g/mol. The van der Waals surface area contributed by atoms with Gasteiger partial charge in [-0.2, -0.15) is 5.26 Å². The zero-order valence-corrected chi connectivity index (χ0v) is 51.5. The summed E-state index contributed by atoms with van der Waals surface area (Å²) < 4.78 is 30.8. The Balaban J connectivity index is 1.01. The molecule has 6 rings (SSSR count). The highest BCUT2D eigenvalue weighted by Crippen LogP contribution is 2.30. The van der Waals surface area contributed by atoms with Crippen LogP contribution in [0.2, 0.25) is 0 Å². The molecule has 3 saturated heterocycles. The summed E-state index contributed by atoms with van der Waals surface area (Å²) in [6, 6.07) is 14.0. The smallest absolute Gasteiger partial charge is 0.317 e. The summed E-state index contributed by atoms with van der Waals surface area (Å²) in [6.07, 6.45) is 5.31. The van der Waals surface area contributed by atoms with Crippen LogP contribution in [0.25, 0.3) is 10.9 Å². The lowest BCUT2D eigenvalue weighted by Crippen LogP contribution is -2.58. The van der Waals surface area contributed by atoms with Gasteiger partial charge in [-0.15, -0.1) is 0 Å². The number of carboxylic acids is 1. The molecule has 0 aliphatic carbocycles. The summed E-state index contributed by atoms with van der Waals surface area (Å²) >= 11 is 0. The second-order valence-electron chi connectivity index (χ2n) is 23.1. The standard InChI is InChI=1S/C62H88FN13O13/c1-4-52(61(86)75-32-30-70(31-33-75)21-8-34-89-49-16-17-53-51(35-49)50(18-20-65-53)59(84)67-38-57(81)76-41-62(3,63)36-48(76)37-64)69-60(85)54(10-5-6-19-66-55(79)11-7-9-47-14-12-46(2)13-15-47)68-56(80)39-71-22-23-72(40-58(82)83)25-27-74(43-88-45-78)29-28-73(26-24-71)42-87-44-77/h12-18,20,35,44-45,48,52,54H,4-11,19,21-34,36,38-43H2,1-3H3,(H,66,79)(H,67,84)(H,68,80)(H,69,85)(H,82,83)/t48-,52?,54?,62?/m1/s1. The van der Waals surface area contributed by atoms with Crippen LogP contribution >= 0.6 is 0 Å². The number of fused-ring (bicyclic) bond motifs is 1. The molecule has 6 amide bonds. The van der Waals surface area contributed by atoms with Crippen LogP contribution in [0.5, 0.6) is 5.75 Å². The number of aliphatic carboxylic acids is 1. The predicted molar refractivity (Wildman–Crippen MR) is 325 cm³/mol. The number of nitrogens with one attached hydrogen (secondary N) is 4. The third-order valence-corrected chi connectivity index (χ3v) is 16.1. The zero-order chi connectivity index (χ0) is 64.1. The molecular weight excluding hydrogens is 1150 g/mol. The number of ether oxygens (including phenoxy) is 3. The summed E-state index contributed by atoms with van der Waals surface area (Å²) in [7, 11) is 0. The van der Waals surface area contributed by atoms with E-state index in [0.29, 0.717) is 147 Å². The number of piperazine rings is 1. The Kier molecular flexibility index (Phi) is 28.8. The molecule has 0 radical (unpaired) electrons. The number of halogens is 1. The molecule has 5 N–H and O–H groups in total. The number of nitriles is 1. The van der Waals surface area contributed by atoms with E-state index in [9.17, 15) is 57.9 Å². The zero-order valence-electron chi connectivity index (χ0n) is 51.5. The van der Waals surface area contributed by atoms with E-state index in [4.69, 9.17) is 14.2 Å². The van der Waals surface area contributed by atoms with Gasteiger partial charge < -0.3 is 50.4 Å². The van der Waals surface area contributed by atoms with Gasteiger partial charge in [-0.1, -0.05) is 36.8 Å². The van der Waals surface area contributed by atoms with Crippen LogP contribution in [0.15, 0.2) is 54.7 Å². The van der Waals surface area contributed by atoms with Gasteiger partial charge in [-0.25, -0.2) is 4.39 Å². The quantitative estimate of drug-likeness (QED) is 0.0435. The number of hydrogen-bond acceptors (Lipinski definition) is 19. The van der Waals surface area contributed by atoms with E-state index >= 15 is 0 Å². The number of pyridine rings is 1. The van der Waals surface area contributed by atoms with Crippen LogP contribution in [0.3, 0.4) is 0 Å². The highest BCUT2D eigenvalue weighted by molar-refractivity contribution is 6.07. The molecule has 3 aliphatic heterocycles. The first kappa shape index (κ1) is 70.2. The molecule has 0 saturated carbocycles. The summed E-state index contributed by atoms with van der Waals surface area (Å²) in [6.45, 7) is 10.7. The van der Waals surface area contributed by atoms with Gasteiger partial charge in [0.25, 0.3) is 18.9 Å². The van der Waals surface area contributed by atoms with E-state index in [1.807, 2.05) is 39.8 Å². The molecule has 27 heteroatoms. The molecule has 3 unspecified atom stereocenters. The van der Waals surface area contributed by atoms with E-state index < -0.39 is 59.9 Å². The molecule has 4 heterocycles. The average molecular weight is 1240 g/mol. The topological polar surface area (TPSA) is 309 Å². The minimum atomic E-state index is -1.69. The number of unbranched alkanes of at least 4 members (excludes halogenated alkanes) is 1. The fourth-order valence-electron chi connectivity index (χ4n) is 11.0. The van der Waals surface area contributed by atoms with Gasteiger partial charge in [-0.05, 0) is 88.6 Å². The van der Waals surface area contributed by atoms with Gasteiger partial charge in [-0.3, -0.25) is 72.6 Å². The number of benzene rings is 2. The minimum absolute atomic E-state index is 0.0164. The van der Waals surface area contributed by atoms with Crippen molar-refractivity contribution in [3.05, 3.63) is 71.4 Å². The SMILES string of the molecule is CCC(NC(=O)C(CCCCNC(=O)CCCc1ccc(C)cc1)NC(=O)CN1CCN(COC=O)CCN(COC=O)CCN(CC(=O)O)CC1)C(=O)N1CCN(CCCOc2ccc3nccc(C(=O)NCC(=O)N4CC(C)(F)C[C@@H]4C#N)c3c2)CC1. The molecule has 3 aliphatic rings. The molecule has 89 heavy (non-hydrogen) atoms. The summed E-state index contributed by atoms with van der Waals surface area (Å²) in [5, 5.41) is 31.1. The van der Waals surface area contributed by atoms with Gasteiger partial charge in [0.1, 0.15) is 43.0 Å². The van der Waals surface area contributed by atoms with Crippen molar-refractivity contribution in [3.8, 4) is 11.8 Å². The number of nitrogens with zero attached hydrogens (tertiary/aromatic N) is 9. The second-order valence-corrected chi connectivity index (χ2v) is 23.1. The van der Waals surface area contributed by atoms with Gasteiger partial charge in [0, 0.05) is 116 Å². The van der Waals surface area contributed by atoms with Gasteiger partial charge in [0.05, 0.1) is 49.9 Å². The first-order valence-electron chi connectivity index (χ1n) is 30.7. The highest BCUT2D eigenvalue weighted by Gasteiger charge is 2.43. The van der Waals surface area contributed by atoms with E-state index in [0.717, 1.165) is 16.9 Å². The van der Waals surface area contributed by atoms with Crippen molar-refractivity contribution >= 4 is 65.3 Å². The van der Waals surface area contributed by atoms with Gasteiger partial charge >= 0.3 is 5.97 Å². The lowest BCUT2D eigenvalue weighted by Gasteiger charge is -2.36. The highest BCUT2D eigenvalue weighted by atomic mass is 19.1. The fraction of sp³-hybridized carbons (Fsp3) is 0.597. The maximum atomic E-state index is 14.6. The van der Waals surface area contributed by atoms with Crippen molar-refractivity contribution < 1.29 is 66.9 Å². The number of rotatable bonds is 32. The van der Waals surface area contributed by atoms with Crippen molar-refractivity contribution in [2.75, 3.05) is 138 Å². The number of carbonyl (C=O) groups excluding carboxylic acids is 8. The second kappa shape index (κ2) is 36.5. The maximum absolute atomic E-state index is 14.6. The lowest BCUT2D eigenvalue weighted by atomic mass is 10.1. The fourth-order valence-corrected chi connectivity index (χ4v) is 11.0. The number of aryl methyl sites for hydroxylation is 2. The van der Waals surface area contributed by atoms with Gasteiger partial charge in [0.2, 0.25) is 29.5 Å². The molecule has 0 bridgehead atoms. The molecule has 1 aromatic heterocycles. The number of carbonyl (C=O) groups is 9. The Hall–Kier alpha value is -7.90. The third-order valence-electron chi connectivity index (χ3n) is 16.1. The third kappa shape index (κ3) is 23.9. The molecule has 486 valence electrons. The molecule has 2 aromatic carbocycles. The lowest BCUT2D eigenvalue weighted by molar-refractivity contribution is -0.139. The normalized spacial score (nSPS) is 19.1. The number of aromatic nitrogens is 1. The number of carboxylic acid groups (broad SMARTS) is 1.